The van der Waals surface area contributed by atoms with Crippen LogP contribution < -0.4 is 0 Å². The Bertz CT molecular complexity index is 441. The van der Waals surface area contributed by atoms with Crippen LogP contribution in [0.4, 0.5) is 4.39 Å². The molecule has 104 valence electrons. The van der Waals surface area contributed by atoms with Crippen molar-refractivity contribution in [1.82, 2.24) is 4.90 Å². The second-order valence-electron chi connectivity index (χ2n) is 4.82. The minimum Gasteiger partial charge on any atom is -0.395 e. The lowest BCUT2D eigenvalue weighted by Gasteiger charge is -2.28. The van der Waals surface area contributed by atoms with E-state index in [2.05, 4.69) is 15.9 Å². The summed E-state index contributed by atoms with van der Waals surface area (Å²) in [6.07, 6.45) is 4.13. The molecule has 0 spiro atoms. The third kappa shape index (κ3) is 3.54. The molecule has 0 saturated heterocycles. The summed E-state index contributed by atoms with van der Waals surface area (Å²) in [5, 5.41) is 9.12. The zero-order valence-corrected chi connectivity index (χ0v) is 12.2. The zero-order chi connectivity index (χ0) is 13.8. The topological polar surface area (TPSA) is 40.5 Å². The van der Waals surface area contributed by atoms with Crippen molar-refractivity contribution in [3.05, 3.63) is 34.1 Å². The number of hydrogen-bond acceptors (Lipinski definition) is 2. The lowest BCUT2D eigenvalue weighted by Crippen LogP contribution is -2.40. The van der Waals surface area contributed by atoms with Crippen LogP contribution in [0.5, 0.6) is 0 Å². The van der Waals surface area contributed by atoms with Crippen LogP contribution in [0, 0.1) is 5.82 Å². The molecule has 1 aliphatic carbocycles. The molecule has 0 aliphatic heterocycles. The Morgan fingerprint density at radius 2 is 2.05 bits per heavy atom. The average molecular weight is 330 g/mol. The first-order valence-electron chi connectivity index (χ1n) is 6.49. The van der Waals surface area contributed by atoms with Gasteiger partial charge >= 0.3 is 0 Å². The molecule has 1 aromatic carbocycles. The third-order valence-corrected chi connectivity index (χ3v) is 3.93. The maximum absolute atomic E-state index is 13.4. The van der Waals surface area contributed by atoms with E-state index in [9.17, 15) is 9.18 Å². The fourth-order valence-corrected chi connectivity index (χ4v) is 3.08. The SMILES string of the molecule is O=C(c1cc(F)cc(Br)c1)N(CCO)C1CCCC1. The molecule has 0 heterocycles. The molecule has 2 rings (SSSR count). The van der Waals surface area contributed by atoms with Crippen molar-refractivity contribution in [1.29, 1.82) is 0 Å². The average Bonchev–Trinajstić information content (AvgIpc) is 2.87. The molecule has 1 aromatic rings. The molecule has 1 N–H and O–H groups in total. The van der Waals surface area contributed by atoms with Crippen molar-refractivity contribution in [2.24, 2.45) is 0 Å². The van der Waals surface area contributed by atoms with Gasteiger partial charge in [-0.3, -0.25) is 4.79 Å². The molecule has 5 heteroatoms. The van der Waals surface area contributed by atoms with Crippen molar-refractivity contribution in [3.8, 4) is 0 Å². The maximum Gasteiger partial charge on any atom is 0.254 e. The second kappa shape index (κ2) is 6.48. The number of aliphatic hydroxyl groups is 1. The fourth-order valence-electron chi connectivity index (χ4n) is 2.62. The van der Waals surface area contributed by atoms with E-state index in [1.54, 1.807) is 11.0 Å². The molecule has 0 atom stereocenters. The minimum absolute atomic E-state index is 0.0707. The Morgan fingerprint density at radius 3 is 2.63 bits per heavy atom. The highest BCUT2D eigenvalue weighted by Gasteiger charge is 2.27. The number of carbonyl (C=O) groups excluding carboxylic acids is 1. The Balaban J connectivity index is 2.22. The Morgan fingerprint density at radius 1 is 1.37 bits per heavy atom. The van der Waals surface area contributed by atoms with Gasteiger partial charge in [-0.15, -0.1) is 0 Å². The zero-order valence-electron chi connectivity index (χ0n) is 10.6. The van der Waals surface area contributed by atoms with Gasteiger partial charge in [0.05, 0.1) is 6.61 Å². The van der Waals surface area contributed by atoms with Crippen LogP contribution in [0.1, 0.15) is 36.0 Å². The maximum atomic E-state index is 13.4. The van der Waals surface area contributed by atoms with Gasteiger partial charge in [-0.05, 0) is 31.0 Å². The quantitative estimate of drug-likeness (QED) is 0.922. The molecule has 1 saturated carbocycles. The van der Waals surface area contributed by atoms with E-state index in [1.165, 1.54) is 12.1 Å². The summed E-state index contributed by atoms with van der Waals surface area (Å²) in [4.78, 5) is 14.1. The van der Waals surface area contributed by atoms with E-state index in [1.807, 2.05) is 0 Å². The van der Waals surface area contributed by atoms with Crippen LogP contribution in [-0.2, 0) is 0 Å². The standard InChI is InChI=1S/C14H17BrFNO2/c15-11-7-10(8-12(16)9-11)14(19)17(5-6-18)13-3-1-2-4-13/h7-9,13,18H,1-6H2. The van der Waals surface area contributed by atoms with Gasteiger partial charge in [0, 0.05) is 22.6 Å². The van der Waals surface area contributed by atoms with E-state index >= 15 is 0 Å². The summed E-state index contributed by atoms with van der Waals surface area (Å²) < 4.78 is 13.9. The van der Waals surface area contributed by atoms with Crippen LogP contribution >= 0.6 is 15.9 Å². The monoisotopic (exact) mass is 329 g/mol. The molecule has 0 radical (unpaired) electrons. The van der Waals surface area contributed by atoms with Crippen LogP contribution in [0.15, 0.2) is 22.7 Å². The molecule has 1 fully saturated rings. The first-order valence-corrected chi connectivity index (χ1v) is 7.29. The Kier molecular flexibility index (Phi) is 4.93. The first kappa shape index (κ1) is 14.5. The Labute approximate surface area is 120 Å². The lowest BCUT2D eigenvalue weighted by atomic mass is 10.1. The number of benzene rings is 1. The predicted octanol–water partition coefficient (Wildman–Crippen LogP) is 2.97. The van der Waals surface area contributed by atoms with Gasteiger partial charge in [0.15, 0.2) is 0 Å². The van der Waals surface area contributed by atoms with Crippen LogP contribution in [-0.4, -0.2) is 35.1 Å². The summed E-state index contributed by atoms with van der Waals surface area (Å²) >= 11 is 3.19. The van der Waals surface area contributed by atoms with Crippen molar-refractivity contribution < 1.29 is 14.3 Å². The summed E-state index contributed by atoms with van der Waals surface area (Å²) in [5.74, 6) is -0.644. The van der Waals surface area contributed by atoms with E-state index in [0.717, 1.165) is 25.7 Å². The minimum atomic E-state index is -0.437. The number of halogens is 2. The molecular formula is C14H17BrFNO2. The van der Waals surface area contributed by atoms with Gasteiger partial charge in [-0.2, -0.15) is 0 Å². The highest BCUT2D eigenvalue weighted by Crippen LogP contribution is 2.25. The summed E-state index contributed by atoms with van der Waals surface area (Å²) in [5.41, 5.74) is 0.326. The van der Waals surface area contributed by atoms with Gasteiger partial charge in [0.25, 0.3) is 5.91 Å². The van der Waals surface area contributed by atoms with Gasteiger partial charge < -0.3 is 10.0 Å². The molecule has 0 unspecified atom stereocenters. The highest BCUT2D eigenvalue weighted by molar-refractivity contribution is 9.10. The normalized spacial score (nSPS) is 15.7. The second-order valence-corrected chi connectivity index (χ2v) is 5.73. The predicted molar refractivity (Wildman–Crippen MR) is 74.5 cm³/mol. The molecule has 19 heavy (non-hydrogen) atoms. The van der Waals surface area contributed by atoms with Gasteiger partial charge in [0.1, 0.15) is 5.82 Å². The molecular weight excluding hydrogens is 313 g/mol. The number of amides is 1. The summed E-state index contributed by atoms with van der Waals surface area (Å²) in [6, 6.07) is 4.35. The number of carbonyl (C=O) groups is 1. The van der Waals surface area contributed by atoms with Crippen LogP contribution in [0.2, 0.25) is 0 Å². The highest BCUT2D eigenvalue weighted by atomic mass is 79.9. The number of rotatable bonds is 4. The Hall–Kier alpha value is -0.940. The molecule has 3 nitrogen and oxygen atoms in total. The largest absolute Gasteiger partial charge is 0.395 e. The molecule has 0 bridgehead atoms. The number of aliphatic hydroxyl groups excluding tert-OH is 1. The van der Waals surface area contributed by atoms with E-state index in [-0.39, 0.29) is 18.6 Å². The van der Waals surface area contributed by atoms with Crippen molar-refractivity contribution >= 4 is 21.8 Å². The summed E-state index contributed by atoms with van der Waals surface area (Å²) in [7, 11) is 0. The molecule has 1 aliphatic rings. The van der Waals surface area contributed by atoms with Crippen LogP contribution in [0.3, 0.4) is 0 Å². The fraction of sp³-hybridized carbons (Fsp3) is 0.500. The van der Waals surface area contributed by atoms with Gasteiger partial charge in [-0.25, -0.2) is 4.39 Å². The van der Waals surface area contributed by atoms with E-state index in [4.69, 9.17) is 5.11 Å². The number of nitrogens with zero attached hydrogens (tertiary/aromatic N) is 1. The first-order chi connectivity index (χ1) is 9.11. The molecule has 0 aromatic heterocycles. The van der Waals surface area contributed by atoms with Gasteiger partial charge in [0.2, 0.25) is 0 Å². The lowest BCUT2D eigenvalue weighted by molar-refractivity contribution is 0.0637. The molecule has 1 amide bonds. The third-order valence-electron chi connectivity index (χ3n) is 3.48. The summed E-state index contributed by atoms with van der Waals surface area (Å²) in [6.45, 7) is 0.232. The van der Waals surface area contributed by atoms with Crippen molar-refractivity contribution in [3.63, 3.8) is 0 Å². The van der Waals surface area contributed by atoms with E-state index in [0.29, 0.717) is 16.6 Å². The van der Waals surface area contributed by atoms with Crippen molar-refractivity contribution in [2.75, 3.05) is 13.2 Å². The number of hydrogen-bond donors (Lipinski definition) is 1. The smallest absolute Gasteiger partial charge is 0.254 e. The van der Waals surface area contributed by atoms with Gasteiger partial charge in [-0.1, -0.05) is 28.8 Å². The van der Waals surface area contributed by atoms with Crippen LogP contribution in [0.25, 0.3) is 0 Å². The van der Waals surface area contributed by atoms with Crippen molar-refractivity contribution in [2.45, 2.75) is 31.7 Å². The van der Waals surface area contributed by atoms with E-state index < -0.39 is 5.82 Å².